The Balaban J connectivity index is 2.19. The average molecular weight is 264 g/mol. The SMILES string of the molecule is CCCNCC1CCN(C)C1c1c(C)nn(C)c1C. The summed E-state index contributed by atoms with van der Waals surface area (Å²) < 4.78 is 2.02. The second-order valence-electron chi connectivity index (χ2n) is 5.89. The van der Waals surface area contributed by atoms with E-state index in [-0.39, 0.29) is 0 Å². The zero-order valence-electron chi connectivity index (χ0n) is 13.0. The van der Waals surface area contributed by atoms with E-state index in [1.807, 2.05) is 11.7 Å². The predicted molar refractivity (Wildman–Crippen MR) is 79.3 cm³/mol. The van der Waals surface area contributed by atoms with Crippen molar-refractivity contribution in [1.29, 1.82) is 0 Å². The first-order chi connectivity index (χ1) is 9.06. The Morgan fingerprint density at radius 1 is 1.32 bits per heavy atom. The van der Waals surface area contributed by atoms with E-state index in [0.717, 1.165) is 13.1 Å². The Labute approximate surface area is 117 Å². The normalized spacial score (nSPS) is 24.3. The highest BCUT2D eigenvalue weighted by atomic mass is 15.3. The highest BCUT2D eigenvalue weighted by Crippen LogP contribution is 2.38. The van der Waals surface area contributed by atoms with Crippen LogP contribution in [-0.4, -0.2) is 41.4 Å². The Bertz CT molecular complexity index is 424. The van der Waals surface area contributed by atoms with Crippen LogP contribution in [-0.2, 0) is 7.05 Å². The summed E-state index contributed by atoms with van der Waals surface area (Å²) in [6.07, 6.45) is 2.49. The summed E-state index contributed by atoms with van der Waals surface area (Å²) in [5, 5.41) is 8.18. The minimum absolute atomic E-state index is 0.526. The van der Waals surface area contributed by atoms with Crippen LogP contribution < -0.4 is 5.32 Å². The van der Waals surface area contributed by atoms with Gasteiger partial charge in [0.05, 0.1) is 5.69 Å². The summed E-state index contributed by atoms with van der Waals surface area (Å²) in [4.78, 5) is 2.50. The Morgan fingerprint density at radius 3 is 2.63 bits per heavy atom. The van der Waals surface area contributed by atoms with Crippen LogP contribution in [0.5, 0.6) is 0 Å². The minimum atomic E-state index is 0.526. The lowest BCUT2D eigenvalue weighted by molar-refractivity contribution is 0.270. The van der Waals surface area contributed by atoms with E-state index in [4.69, 9.17) is 0 Å². The zero-order chi connectivity index (χ0) is 14.0. The van der Waals surface area contributed by atoms with Crippen molar-refractivity contribution in [2.24, 2.45) is 13.0 Å². The van der Waals surface area contributed by atoms with E-state index < -0.39 is 0 Å². The molecule has 4 nitrogen and oxygen atoms in total. The van der Waals surface area contributed by atoms with Crippen molar-refractivity contribution >= 4 is 0 Å². The van der Waals surface area contributed by atoms with Crippen LogP contribution in [0, 0.1) is 19.8 Å². The fourth-order valence-corrected chi connectivity index (χ4v) is 3.38. The first kappa shape index (κ1) is 14.5. The molecule has 0 bridgehead atoms. The Morgan fingerprint density at radius 2 is 2.05 bits per heavy atom. The third-order valence-corrected chi connectivity index (χ3v) is 4.47. The highest BCUT2D eigenvalue weighted by Gasteiger charge is 2.35. The molecule has 0 radical (unpaired) electrons. The minimum Gasteiger partial charge on any atom is -0.316 e. The molecule has 0 aliphatic carbocycles. The number of likely N-dealkylation sites (tertiary alicyclic amines) is 1. The van der Waals surface area contributed by atoms with E-state index in [1.165, 1.54) is 36.3 Å². The van der Waals surface area contributed by atoms with Crippen molar-refractivity contribution in [2.75, 3.05) is 26.7 Å². The fourth-order valence-electron chi connectivity index (χ4n) is 3.38. The molecule has 0 saturated carbocycles. The summed E-state index contributed by atoms with van der Waals surface area (Å²) in [6.45, 7) is 10.00. The summed E-state index contributed by atoms with van der Waals surface area (Å²) in [6, 6.07) is 0.526. The molecule has 1 aliphatic heterocycles. The zero-order valence-corrected chi connectivity index (χ0v) is 13.0. The van der Waals surface area contributed by atoms with Crippen LogP contribution in [0.3, 0.4) is 0 Å². The molecule has 0 amide bonds. The number of nitrogens with one attached hydrogen (secondary N) is 1. The van der Waals surface area contributed by atoms with Gasteiger partial charge < -0.3 is 5.32 Å². The van der Waals surface area contributed by atoms with Crippen molar-refractivity contribution in [3.8, 4) is 0 Å². The molecule has 108 valence electrons. The van der Waals surface area contributed by atoms with Crippen LogP contribution in [0.15, 0.2) is 0 Å². The molecule has 1 aromatic rings. The van der Waals surface area contributed by atoms with Gasteiger partial charge in [0.1, 0.15) is 0 Å². The van der Waals surface area contributed by atoms with Gasteiger partial charge >= 0.3 is 0 Å². The van der Waals surface area contributed by atoms with E-state index in [9.17, 15) is 0 Å². The van der Waals surface area contributed by atoms with Crippen molar-refractivity contribution < 1.29 is 0 Å². The smallest absolute Gasteiger partial charge is 0.0644 e. The molecule has 0 aromatic carbocycles. The van der Waals surface area contributed by atoms with Crippen LogP contribution in [0.4, 0.5) is 0 Å². The topological polar surface area (TPSA) is 33.1 Å². The number of hydrogen-bond acceptors (Lipinski definition) is 3. The number of aryl methyl sites for hydroxylation is 2. The van der Waals surface area contributed by atoms with Crippen molar-refractivity contribution in [2.45, 2.75) is 39.7 Å². The van der Waals surface area contributed by atoms with Crippen LogP contribution in [0.2, 0.25) is 0 Å². The lowest BCUT2D eigenvalue weighted by Crippen LogP contribution is -2.29. The van der Waals surface area contributed by atoms with Gasteiger partial charge in [0.25, 0.3) is 0 Å². The molecule has 1 aliphatic rings. The first-order valence-electron chi connectivity index (χ1n) is 7.47. The van der Waals surface area contributed by atoms with Gasteiger partial charge in [-0.3, -0.25) is 9.58 Å². The highest BCUT2D eigenvalue weighted by molar-refractivity contribution is 5.29. The largest absolute Gasteiger partial charge is 0.316 e. The average Bonchev–Trinajstić information content (AvgIpc) is 2.83. The van der Waals surface area contributed by atoms with Gasteiger partial charge in [-0.25, -0.2) is 0 Å². The Kier molecular flexibility index (Phi) is 4.63. The maximum atomic E-state index is 4.59. The molecule has 2 heterocycles. The van der Waals surface area contributed by atoms with E-state index in [1.54, 1.807) is 0 Å². The third kappa shape index (κ3) is 2.84. The van der Waals surface area contributed by atoms with Crippen LogP contribution >= 0.6 is 0 Å². The predicted octanol–water partition coefficient (Wildman–Crippen LogP) is 2.03. The molecule has 4 heteroatoms. The molecule has 2 rings (SSSR count). The van der Waals surface area contributed by atoms with Crippen LogP contribution in [0.25, 0.3) is 0 Å². The third-order valence-electron chi connectivity index (χ3n) is 4.47. The van der Waals surface area contributed by atoms with E-state index in [0.29, 0.717) is 12.0 Å². The standard InChI is InChI=1S/C15H28N4/c1-6-8-16-10-13-7-9-18(4)15(13)14-11(2)17-19(5)12(14)3/h13,15-16H,6-10H2,1-5H3. The lowest BCUT2D eigenvalue weighted by atomic mass is 9.92. The molecule has 1 saturated heterocycles. The molecule has 1 N–H and O–H groups in total. The Hall–Kier alpha value is -0.870. The van der Waals surface area contributed by atoms with Crippen molar-refractivity contribution in [1.82, 2.24) is 20.0 Å². The molecule has 2 atom stereocenters. The molecule has 1 aromatic heterocycles. The van der Waals surface area contributed by atoms with Gasteiger partial charge in [-0.1, -0.05) is 6.92 Å². The van der Waals surface area contributed by atoms with Gasteiger partial charge in [-0.15, -0.1) is 0 Å². The van der Waals surface area contributed by atoms with Gasteiger partial charge in [0.15, 0.2) is 0 Å². The van der Waals surface area contributed by atoms with Gasteiger partial charge in [0, 0.05) is 24.3 Å². The molecular weight excluding hydrogens is 236 g/mol. The summed E-state index contributed by atoms with van der Waals surface area (Å²) in [7, 11) is 4.29. The quantitative estimate of drug-likeness (QED) is 0.826. The molecule has 2 unspecified atom stereocenters. The maximum Gasteiger partial charge on any atom is 0.0644 e. The summed E-state index contributed by atoms with van der Waals surface area (Å²) >= 11 is 0. The van der Waals surface area contributed by atoms with E-state index in [2.05, 4.69) is 43.1 Å². The molecule has 19 heavy (non-hydrogen) atoms. The van der Waals surface area contributed by atoms with Crippen molar-refractivity contribution in [3.05, 3.63) is 17.0 Å². The monoisotopic (exact) mass is 264 g/mol. The molecule has 1 fully saturated rings. The number of hydrogen-bond donors (Lipinski definition) is 1. The van der Waals surface area contributed by atoms with Gasteiger partial charge in [0.2, 0.25) is 0 Å². The van der Waals surface area contributed by atoms with Gasteiger partial charge in [-0.2, -0.15) is 5.10 Å². The molecule has 0 spiro atoms. The second-order valence-corrected chi connectivity index (χ2v) is 5.89. The van der Waals surface area contributed by atoms with E-state index >= 15 is 0 Å². The van der Waals surface area contributed by atoms with Crippen LogP contribution in [0.1, 0.15) is 42.8 Å². The number of rotatable bonds is 5. The molecular formula is C15H28N4. The first-order valence-corrected chi connectivity index (χ1v) is 7.47. The number of aromatic nitrogens is 2. The summed E-state index contributed by atoms with van der Waals surface area (Å²) in [5.41, 5.74) is 3.96. The fraction of sp³-hybridized carbons (Fsp3) is 0.800. The maximum absolute atomic E-state index is 4.59. The second kappa shape index (κ2) is 6.06. The number of nitrogens with zero attached hydrogens (tertiary/aromatic N) is 3. The van der Waals surface area contributed by atoms with Crippen molar-refractivity contribution in [3.63, 3.8) is 0 Å². The lowest BCUT2D eigenvalue weighted by Gasteiger charge is -2.26. The summed E-state index contributed by atoms with van der Waals surface area (Å²) in [5.74, 6) is 0.707. The van der Waals surface area contributed by atoms with Gasteiger partial charge in [-0.05, 0) is 59.3 Å².